The molecule has 0 saturated heterocycles. The van der Waals surface area contributed by atoms with Crippen molar-refractivity contribution in [2.24, 2.45) is 0 Å². The molecule has 3 nitrogen and oxygen atoms in total. The van der Waals surface area contributed by atoms with Gasteiger partial charge in [0.05, 0.1) is 5.57 Å². The third-order valence-electron chi connectivity index (χ3n) is 1.71. The van der Waals surface area contributed by atoms with Gasteiger partial charge in [-0.05, 0) is 13.3 Å². The molecule has 0 bridgehead atoms. The summed E-state index contributed by atoms with van der Waals surface area (Å²) in [7, 11) is -1.47. The van der Waals surface area contributed by atoms with Crippen LogP contribution in [-0.2, 0) is 9.36 Å². The van der Waals surface area contributed by atoms with Crippen LogP contribution in [0.4, 0.5) is 0 Å². The quantitative estimate of drug-likeness (QED) is 0.546. The summed E-state index contributed by atoms with van der Waals surface area (Å²) >= 11 is 0. The molecule has 0 aliphatic heterocycles. The average molecular weight is 189 g/mol. The van der Waals surface area contributed by atoms with E-state index in [-0.39, 0.29) is 5.57 Å². The Morgan fingerprint density at radius 2 is 1.92 bits per heavy atom. The smallest absolute Gasteiger partial charge is 0.372 e. The highest BCUT2D eigenvalue weighted by molar-refractivity contribution is 7.49. The van der Waals surface area contributed by atoms with Crippen LogP contribution < -0.4 is 0 Å². The normalized spacial score (nSPS) is 13.8. The lowest BCUT2D eigenvalue weighted by molar-refractivity contribution is -0.132. The molecule has 4 heteroatoms. The first-order valence-corrected chi connectivity index (χ1v) is 5.36. The summed E-state index contributed by atoms with van der Waals surface area (Å²) in [4.78, 5) is 10.6. The van der Waals surface area contributed by atoms with E-state index >= 15 is 0 Å². The molecule has 0 rings (SSSR count). The molecule has 1 unspecified atom stereocenters. The van der Waals surface area contributed by atoms with Gasteiger partial charge < -0.3 is 5.11 Å². The molecule has 0 aromatic heterocycles. The second-order valence-electron chi connectivity index (χ2n) is 2.42. The second kappa shape index (κ2) is 5.04. The van der Waals surface area contributed by atoms with Crippen LogP contribution in [0.2, 0.25) is 0 Å². The van der Waals surface area contributed by atoms with Crippen molar-refractivity contribution in [2.75, 3.05) is 6.16 Å². The van der Waals surface area contributed by atoms with Crippen LogP contribution >= 0.6 is 7.80 Å². The van der Waals surface area contributed by atoms with E-state index in [1.54, 1.807) is 20.8 Å². The zero-order valence-corrected chi connectivity index (χ0v) is 8.52. The summed E-state index contributed by atoms with van der Waals surface area (Å²) in [6, 6.07) is 0. The first-order valence-electron chi connectivity index (χ1n) is 3.92. The summed E-state index contributed by atoms with van der Waals surface area (Å²) in [5, 5.41) is 9.23. The van der Waals surface area contributed by atoms with Crippen molar-refractivity contribution < 1.29 is 14.5 Å². The van der Waals surface area contributed by atoms with Gasteiger partial charge in [0.1, 0.15) is 6.16 Å². The van der Waals surface area contributed by atoms with Crippen molar-refractivity contribution in [3.63, 3.8) is 0 Å². The fourth-order valence-corrected chi connectivity index (χ4v) is 1.98. The number of hydrogen-bond donors (Lipinski definition) is 1. The highest BCUT2D eigenvalue weighted by atomic mass is 31.1. The van der Waals surface area contributed by atoms with E-state index < -0.39 is 13.8 Å². The van der Waals surface area contributed by atoms with E-state index in [4.69, 9.17) is 5.11 Å². The molecule has 0 radical (unpaired) electrons. The molecule has 12 heavy (non-hydrogen) atoms. The average Bonchev–Trinajstić information content (AvgIpc) is 2.03. The van der Waals surface area contributed by atoms with Gasteiger partial charge in [-0.3, -0.25) is 0 Å². The SMILES string of the molecule is CCC(C(=O)O)=C(C)[P+](=O)CC. The van der Waals surface area contributed by atoms with Crippen LogP contribution in [0.25, 0.3) is 0 Å². The number of rotatable bonds is 4. The van der Waals surface area contributed by atoms with Crippen LogP contribution in [0.15, 0.2) is 10.9 Å². The Hall–Kier alpha value is -0.690. The second-order valence-corrected chi connectivity index (χ2v) is 4.48. The largest absolute Gasteiger partial charge is 0.478 e. The lowest BCUT2D eigenvalue weighted by Crippen LogP contribution is -2.01. The van der Waals surface area contributed by atoms with Crippen molar-refractivity contribution in [1.29, 1.82) is 0 Å². The van der Waals surface area contributed by atoms with Gasteiger partial charge in [-0.2, -0.15) is 0 Å². The summed E-state index contributed by atoms with van der Waals surface area (Å²) < 4.78 is 11.2. The van der Waals surface area contributed by atoms with Gasteiger partial charge >= 0.3 is 13.8 Å². The summed E-state index contributed by atoms with van der Waals surface area (Å²) in [6.07, 6.45) is 0.945. The molecule has 1 N–H and O–H groups in total. The van der Waals surface area contributed by atoms with E-state index in [9.17, 15) is 9.36 Å². The molecule has 0 amide bonds. The number of allylic oxidation sites excluding steroid dienone is 1. The maximum absolute atomic E-state index is 11.2. The van der Waals surface area contributed by atoms with Crippen molar-refractivity contribution >= 4 is 13.8 Å². The Bertz CT molecular complexity index is 230. The van der Waals surface area contributed by atoms with Crippen molar-refractivity contribution in [2.45, 2.75) is 27.2 Å². The van der Waals surface area contributed by atoms with Gasteiger partial charge in [0.2, 0.25) is 0 Å². The summed E-state index contributed by atoms with van der Waals surface area (Å²) in [5.74, 6) is -0.952. The minimum absolute atomic E-state index is 0.290. The van der Waals surface area contributed by atoms with Gasteiger partial charge in [0.25, 0.3) is 0 Å². The Kier molecular flexibility index (Phi) is 4.75. The molecule has 0 saturated carbocycles. The Morgan fingerprint density at radius 3 is 2.17 bits per heavy atom. The van der Waals surface area contributed by atoms with Gasteiger partial charge in [-0.15, -0.1) is 0 Å². The molecule has 0 aromatic rings. The van der Waals surface area contributed by atoms with Crippen molar-refractivity contribution in [1.82, 2.24) is 0 Å². The Morgan fingerprint density at radius 1 is 1.42 bits per heavy atom. The fourth-order valence-electron chi connectivity index (χ4n) is 0.950. The third kappa shape index (κ3) is 2.74. The molecular weight excluding hydrogens is 175 g/mol. The molecule has 0 spiro atoms. The van der Waals surface area contributed by atoms with Gasteiger partial charge in [-0.1, -0.05) is 11.5 Å². The minimum Gasteiger partial charge on any atom is -0.478 e. The van der Waals surface area contributed by atoms with E-state index in [0.29, 0.717) is 17.9 Å². The highest BCUT2D eigenvalue weighted by Gasteiger charge is 2.23. The predicted molar refractivity (Wildman–Crippen MR) is 48.8 cm³/mol. The fraction of sp³-hybridized carbons (Fsp3) is 0.625. The van der Waals surface area contributed by atoms with Gasteiger partial charge in [0.15, 0.2) is 5.31 Å². The molecule has 0 aromatic carbocycles. The third-order valence-corrected chi connectivity index (χ3v) is 3.30. The Labute approximate surface area is 73.3 Å². The van der Waals surface area contributed by atoms with Crippen LogP contribution in [0.5, 0.6) is 0 Å². The first kappa shape index (κ1) is 11.3. The monoisotopic (exact) mass is 189 g/mol. The lowest BCUT2D eigenvalue weighted by atomic mass is 10.2. The van der Waals surface area contributed by atoms with Crippen LogP contribution in [0.1, 0.15) is 27.2 Å². The van der Waals surface area contributed by atoms with Gasteiger partial charge in [0, 0.05) is 6.92 Å². The van der Waals surface area contributed by atoms with Crippen molar-refractivity contribution in [3.8, 4) is 0 Å². The lowest BCUT2D eigenvalue weighted by Gasteiger charge is -1.95. The standard InChI is InChI=1S/C8H13O3P/c1-4-7(8(9)10)6(3)12(11)5-2/h4-5H2,1-3H3/p+1. The molecule has 68 valence electrons. The topological polar surface area (TPSA) is 54.4 Å². The van der Waals surface area contributed by atoms with E-state index in [0.717, 1.165) is 0 Å². The Balaban J connectivity index is 4.84. The van der Waals surface area contributed by atoms with Crippen LogP contribution in [0, 0.1) is 0 Å². The maximum Gasteiger partial charge on any atom is 0.372 e. The number of carboxylic acid groups (broad SMARTS) is 1. The number of hydrogen-bond acceptors (Lipinski definition) is 2. The van der Waals surface area contributed by atoms with E-state index in [1.165, 1.54) is 0 Å². The maximum atomic E-state index is 11.2. The van der Waals surface area contributed by atoms with E-state index in [2.05, 4.69) is 0 Å². The molecule has 0 aliphatic carbocycles. The molecular formula is C8H14O3P+. The molecule has 0 aliphatic rings. The van der Waals surface area contributed by atoms with Crippen LogP contribution in [0.3, 0.4) is 0 Å². The molecule has 0 fully saturated rings. The minimum atomic E-state index is -1.47. The van der Waals surface area contributed by atoms with Crippen molar-refractivity contribution in [3.05, 3.63) is 10.9 Å². The summed E-state index contributed by atoms with van der Waals surface area (Å²) in [5.41, 5.74) is 0.290. The number of aliphatic carboxylic acids is 1. The van der Waals surface area contributed by atoms with Crippen LogP contribution in [-0.4, -0.2) is 17.2 Å². The summed E-state index contributed by atoms with van der Waals surface area (Å²) in [6.45, 7) is 5.18. The first-order chi connectivity index (χ1) is 5.54. The zero-order valence-electron chi connectivity index (χ0n) is 7.63. The van der Waals surface area contributed by atoms with Gasteiger partial charge in [-0.25, -0.2) is 4.79 Å². The number of carbonyl (C=O) groups is 1. The highest BCUT2D eigenvalue weighted by Crippen LogP contribution is 2.34. The zero-order chi connectivity index (χ0) is 9.72. The molecule has 1 atom stereocenters. The molecule has 0 heterocycles. The number of carboxylic acids is 1. The predicted octanol–water partition coefficient (Wildman–Crippen LogP) is 2.60. The van der Waals surface area contributed by atoms with E-state index in [1.807, 2.05) is 0 Å².